The van der Waals surface area contributed by atoms with Crippen LogP contribution in [-0.4, -0.2) is 55.4 Å². The van der Waals surface area contributed by atoms with Gasteiger partial charge in [0, 0.05) is 43.3 Å². The quantitative estimate of drug-likeness (QED) is 0.244. The summed E-state index contributed by atoms with van der Waals surface area (Å²) in [5.41, 5.74) is 5.21. The summed E-state index contributed by atoms with van der Waals surface area (Å²) in [5, 5.41) is 2.96. The predicted octanol–water partition coefficient (Wildman–Crippen LogP) is 5.05. The molecule has 2 N–H and O–H groups in total. The number of fused-ring (bicyclic) bond motifs is 2. The van der Waals surface area contributed by atoms with Gasteiger partial charge in [-0.15, -0.1) is 0 Å². The van der Waals surface area contributed by atoms with Gasteiger partial charge in [-0.3, -0.25) is 19.7 Å². The minimum absolute atomic E-state index is 0.180. The number of carbonyl (C=O) groups excluding carboxylic acids is 1. The van der Waals surface area contributed by atoms with Crippen LogP contribution in [0.1, 0.15) is 78.4 Å². The number of nitrogens with zero attached hydrogens (tertiary/aromatic N) is 5. The molecular weight excluding hydrogens is 474 g/mol. The van der Waals surface area contributed by atoms with Gasteiger partial charge >= 0.3 is 0 Å². The molecule has 198 valence electrons. The highest BCUT2D eigenvalue weighted by atomic mass is 16.1. The number of hydrogen-bond donors (Lipinski definition) is 2. The van der Waals surface area contributed by atoms with Crippen LogP contribution in [0.3, 0.4) is 0 Å². The Morgan fingerprint density at radius 2 is 1.92 bits per heavy atom. The van der Waals surface area contributed by atoms with Gasteiger partial charge in [-0.2, -0.15) is 0 Å². The van der Waals surface area contributed by atoms with Gasteiger partial charge in [0.05, 0.1) is 23.8 Å². The van der Waals surface area contributed by atoms with Crippen LogP contribution in [0.2, 0.25) is 0 Å². The van der Waals surface area contributed by atoms with Crippen molar-refractivity contribution in [1.29, 1.82) is 0 Å². The Hall–Kier alpha value is -3.65. The number of aromatic amines is 1. The molecule has 5 rings (SSSR count). The Bertz CT molecular complexity index is 1270. The lowest BCUT2D eigenvalue weighted by Crippen LogP contribution is -2.31. The molecule has 3 heterocycles. The van der Waals surface area contributed by atoms with Crippen molar-refractivity contribution in [3.8, 4) is 0 Å². The second-order valence-electron chi connectivity index (χ2n) is 10.2. The normalized spacial score (nSPS) is 15.0. The Balaban J connectivity index is 1.10. The van der Waals surface area contributed by atoms with Crippen molar-refractivity contribution < 1.29 is 4.79 Å². The third-order valence-corrected chi connectivity index (χ3v) is 7.38. The van der Waals surface area contributed by atoms with Crippen LogP contribution in [0.4, 0.5) is 0 Å². The largest absolute Gasteiger partial charge is 0.351 e. The smallest absolute Gasteiger partial charge is 0.271 e. The minimum atomic E-state index is -0.180. The van der Waals surface area contributed by atoms with E-state index in [2.05, 4.69) is 43.4 Å². The zero-order valence-corrected chi connectivity index (χ0v) is 22.0. The van der Waals surface area contributed by atoms with Gasteiger partial charge in [0.25, 0.3) is 5.91 Å². The SMILES string of the molecule is O=C(NCCCN(CCCCCC1CCCc2cccnc21)Cc1nc2ccccc2[nH]1)c1cnccn1. The monoisotopic (exact) mass is 511 g/mol. The van der Waals surface area contributed by atoms with Gasteiger partial charge in [-0.25, -0.2) is 9.97 Å². The van der Waals surface area contributed by atoms with Crippen LogP contribution in [0.15, 0.2) is 61.2 Å². The first-order valence-corrected chi connectivity index (χ1v) is 13.9. The number of H-pyrrole nitrogens is 1. The maximum absolute atomic E-state index is 12.3. The lowest BCUT2D eigenvalue weighted by Gasteiger charge is -2.24. The van der Waals surface area contributed by atoms with Crippen molar-refractivity contribution in [1.82, 2.24) is 35.1 Å². The second kappa shape index (κ2) is 13.2. The molecule has 1 aliphatic rings. The molecule has 1 aromatic carbocycles. The summed E-state index contributed by atoms with van der Waals surface area (Å²) >= 11 is 0. The molecule has 1 amide bonds. The van der Waals surface area contributed by atoms with E-state index in [1.165, 1.54) is 62.2 Å². The number of nitrogens with one attached hydrogen (secondary N) is 2. The van der Waals surface area contributed by atoms with Gasteiger partial charge in [0.15, 0.2) is 0 Å². The van der Waals surface area contributed by atoms with E-state index in [1.54, 1.807) is 6.20 Å². The molecule has 4 aromatic rings. The van der Waals surface area contributed by atoms with Crippen LogP contribution >= 0.6 is 0 Å². The lowest BCUT2D eigenvalue weighted by atomic mass is 9.83. The summed E-state index contributed by atoms with van der Waals surface area (Å²) in [7, 11) is 0. The predicted molar refractivity (Wildman–Crippen MR) is 149 cm³/mol. The molecule has 0 fully saturated rings. The fourth-order valence-electron chi connectivity index (χ4n) is 5.46. The van der Waals surface area contributed by atoms with Crippen molar-refractivity contribution in [2.24, 2.45) is 0 Å². The fraction of sp³-hybridized carbons (Fsp3) is 0.433. The molecule has 8 nitrogen and oxygen atoms in total. The van der Waals surface area contributed by atoms with E-state index in [-0.39, 0.29) is 5.91 Å². The van der Waals surface area contributed by atoms with E-state index in [4.69, 9.17) is 9.97 Å². The average molecular weight is 512 g/mol. The number of pyridine rings is 1. The second-order valence-corrected chi connectivity index (χ2v) is 10.2. The van der Waals surface area contributed by atoms with Crippen molar-refractivity contribution in [3.05, 3.63) is 84.0 Å². The molecule has 1 atom stereocenters. The molecule has 38 heavy (non-hydrogen) atoms. The third kappa shape index (κ3) is 7.01. The molecule has 0 saturated heterocycles. The molecule has 3 aromatic heterocycles. The van der Waals surface area contributed by atoms with Crippen LogP contribution in [-0.2, 0) is 13.0 Å². The standard InChI is InChI=1S/C30H37N7O/c38-30(27-21-31-17-18-32-27)34-16-8-20-37(22-28-35-25-13-3-4-14-26(25)36-28)19-5-1-2-9-23-10-6-11-24-12-7-15-33-29(23)24/h3-4,7,12-15,17-18,21,23H,1-2,5-6,8-11,16,19-20,22H2,(H,34,38)(H,35,36). The van der Waals surface area contributed by atoms with Crippen molar-refractivity contribution >= 4 is 16.9 Å². The number of para-hydroxylation sites is 2. The van der Waals surface area contributed by atoms with E-state index in [1.807, 2.05) is 24.4 Å². The summed E-state index contributed by atoms with van der Waals surface area (Å²) < 4.78 is 0. The highest BCUT2D eigenvalue weighted by Crippen LogP contribution is 2.33. The number of aromatic nitrogens is 5. The topological polar surface area (TPSA) is 99.7 Å². The summed E-state index contributed by atoms with van der Waals surface area (Å²) in [6.45, 7) is 3.26. The zero-order chi connectivity index (χ0) is 26.0. The minimum Gasteiger partial charge on any atom is -0.351 e. The van der Waals surface area contributed by atoms with Crippen molar-refractivity contribution in [3.63, 3.8) is 0 Å². The summed E-state index contributed by atoms with van der Waals surface area (Å²) in [5.74, 6) is 1.42. The van der Waals surface area contributed by atoms with Crippen molar-refractivity contribution in [2.75, 3.05) is 19.6 Å². The van der Waals surface area contributed by atoms with Gasteiger partial charge in [-0.05, 0) is 68.8 Å². The molecule has 0 aliphatic heterocycles. The highest BCUT2D eigenvalue weighted by molar-refractivity contribution is 5.91. The maximum Gasteiger partial charge on any atom is 0.271 e. The number of imidazole rings is 1. The van der Waals surface area contributed by atoms with Crippen LogP contribution in [0.25, 0.3) is 11.0 Å². The Labute approximate surface area is 224 Å². The first kappa shape index (κ1) is 26.0. The zero-order valence-electron chi connectivity index (χ0n) is 22.0. The molecule has 0 spiro atoms. The lowest BCUT2D eigenvalue weighted by molar-refractivity contribution is 0.0946. The summed E-state index contributed by atoms with van der Waals surface area (Å²) in [4.78, 5) is 35.7. The fourth-order valence-corrected chi connectivity index (χ4v) is 5.46. The van der Waals surface area contributed by atoms with Gasteiger partial charge in [0.1, 0.15) is 11.5 Å². The van der Waals surface area contributed by atoms with Gasteiger partial charge in [0.2, 0.25) is 0 Å². The van der Waals surface area contributed by atoms with Crippen LogP contribution < -0.4 is 5.32 Å². The Morgan fingerprint density at radius 3 is 2.82 bits per heavy atom. The summed E-state index contributed by atoms with van der Waals surface area (Å²) in [6, 6.07) is 12.5. The number of carbonyl (C=O) groups is 1. The number of unbranched alkanes of at least 4 members (excludes halogenated alkanes) is 2. The molecule has 0 bridgehead atoms. The van der Waals surface area contributed by atoms with E-state index in [9.17, 15) is 4.79 Å². The van der Waals surface area contributed by atoms with Crippen LogP contribution in [0.5, 0.6) is 0 Å². The van der Waals surface area contributed by atoms with E-state index in [0.717, 1.165) is 49.3 Å². The van der Waals surface area contributed by atoms with Gasteiger partial charge in [-0.1, -0.05) is 31.0 Å². The first-order valence-electron chi connectivity index (χ1n) is 13.9. The number of aryl methyl sites for hydroxylation is 1. The molecule has 0 radical (unpaired) electrons. The Kier molecular flexibility index (Phi) is 9.05. The molecule has 1 aliphatic carbocycles. The number of amides is 1. The molecule has 0 saturated carbocycles. The number of hydrogen-bond acceptors (Lipinski definition) is 6. The van der Waals surface area contributed by atoms with E-state index in [0.29, 0.717) is 18.2 Å². The third-order valence-electron chi connectivity index (χ3n) is 7.38. The average Bonchev–Trinajstić information content (AvgIpc) is 3.38. The number of rotatable bonds is 13. The highest BCUT2D eigenvalue weighted by Gasteiger charge is 2.20. The Morgan fingerprint density at radius 1 is 1.00 bits per heavy atom. The maximum atomic E-state index is 12.3. The summed E-state index contributed by atoms with van der Waals surface area (Å²) in [6.07, 6.45) is 15.9. The molecule has 8 heteroatoms. The molecule has 1 unspecified atom stereocenters. The van der Waals surface area contributed by atoms with E-state index >= 15 is 0 Å². The van der Waals surface area contributed by atoms with E-state index < -0.39 is 0 Å². The first-order chi connectivity index (χ1) is 18.8. The number of benzene rings is 1. The van der Waals surface area contributed by atoms with Gasteiger partial charge < -0.3 is 10.3 Å². The molecular formula is C30H37N7O. The van der Waals surface area contributed by atoms with Crippen molar-refractivity contribution in [2.45, 2.75) is 63.8 Å². The van der Waals surface area contributed by atoms with Crippen LogP contribution in [0, 0.1) is 0 Å².